The topological polar surface area (TPSA) is 144 Å². The number of fused-ring (bicyclic) bond motifs is 1. The number of nitrogens with zero attached hydrogens (tertiary/aromatic N) is 10. The second kappa shape index (κ2) is 9.32. The molecular weight excluding hydrogens is 469 g/mol. The Balaban J connectivity index is 1.31. The van der Waals surface area contributed by atoms with E-state index in [-0.39, 0.29) is 28.8 Å². The summed E-state index contributed by atoms with van der Waals surface area (Å²) in [5.41, 5.74) is 0.918. The molecule has 5 rings (SSSR count). The van der Waals surface area contributed by atoms with Gasteiger partial charge in [-0.1, -0.05) is 28.5 Å². The number of Topliss-reactive ketones (excluding diaryl/α,β-unsaturated/α-hetero) is 1. The highest BCUT2D eigenvalue weighted by atomic mass is 19.1. The molecule has 1 aromatic carbocycles. The second-order valence-corrected chi connectivity index (χ2v) is 7.93. The standard InChI is InChI=1S/C22H20FN11O2/c1-31(10-11-32(2)22-27-28-30-34(22)14-6-4-3-5-7-14)21(36)19(35)15-12-24-18-17(15)16(23)13-25-20(18)33-9-8-26-29-33/h3-9,12-13,24H,10-11H2,1-2H3. The van der Waals surface area contributed by atoms with Gasteiger partial charge in [0.05, 0.1) is 40.7 Å². The Morgan fingerprint density at radius 3 is 2.67 bits per heavy atom. The van der Waals surface area contributed by atoms with Crippen molar-refractivity contribution in [1.29, 1.82) is 0 Å². The van der Waals surface area contributed by atoms with Crippen LogP contribution in [-0.4, -0.2) is 88.9 Å². The van der Waals surface area contributed by atoms with Crippen LogP contribution in [0.4, 0.5) is 10.3 Å². The summed E-state index contributed by atoms with van der Waals surface area (Å²) < 4.78 is 17.6. The van der Waals surface area contributed by atoms with Gasteiger partial charge in [0.1, 0.15) is 0 Å². The van der Waals surface area contributed by atoms with Crippen molar-refractivity contribution in [3.8, 4) is 11.5 Å². The molecule has 36 heavy (non-hydrogen) atoms. The fourth-order valence-corrected chi connectivity index (χ4v) is 3.72. The Bertz CT molecular complexity index is 1530. The lowest BCUT2D eigenvalue weighted by molar-refractivity contribution is -0.125. The number of amides is 1. The number of hydrogen-bond acceptors (Lipinski definition) is 9. The molecule has 182 valence electrons. The van der Waals surface area contributed by atoms with E-state index in [2.05, 4.69) is 35.8 Å². The molecule has 1 N–H and O–H groups in total. The average molecular weight is 489 g/mol. The molecule has 1 amide bonds. The molecule has 14 heteroatoms. The third kappa shape index (κ3) is 4.04. The van der Waals surface area contributed by atoms with Crippen molar-refractivity contribution in [3.63, 3.8) is 0 Å². The number of para-hydroxylation sites is 1. The summed E-state index contributed by atoms with van der Waals surface area (Å²) in [4.78, 5) is 35.9. The Kier molecular flexibility index (Phi) is 5.90. The van der Waals surface area contributed by atoms with E-state index in [1.807, 2.05) is 30.3 Å². The van der Waals surface area contributed by atoms with E-state index >= 15 is 0 Å². The van der Waals surface area contributed by atoms with Crippen LogP contribution in [0.1, 0.15) is 10.4 Å². The third-order valence-electron chi connectivity index (χ3n) is 5.63. The highest BCUT2D eigenvalue weighted by Gasteiger charge is 2.27. The van der Waals surface area contributed by atoms with Crippen molar-refractivity contribution in [3.05, 3.63) is 66.5 Å². The molecular formula is C22H20FN11O2. The second-order valence-electron chi connectivity index (χ2n) is 7.93. The van der Waals surface area contributed by atoms with Crippen LogP contribution in [0.5, 0.6) is 0 Å². The number of H-pyrrole nitrogens is 1. The van der Waals surface area contributed by atoms with Gasteiger partial charge >= 0.3 is 0 Å². The zero-order valence-electron chi connectivity index (χ0n) is 19.3. The summed E-state index contributed by atoms with van der Waals surface area (Å²) in [5, 5.41) is 19.3. The highest BCUT2D eigenvalue weighted by Crippen LogP contribution is 2.26. The Morgan fingerprint density at radius 2 is 1.92 bits per heavy atom. The molecule has 0 bridgehead atoms. The highest BCUT2D eigenvalue weighted by molar-refractivity contribution is 6.44. The van der Waals surface area contributed by atoms with E-state index < -0.39 is 17.5 Å². The zero-order valence-corrected chi connectivity index (χ0v) is 19.3. The minimum absolute atomic E-state index is 0.0404. The maximum absolute atomic E-state index is 14.7. The maximum atomic E-state index is 14.7. The van der Waals surface area contributed by atoms with Crippen molar-refractivity contribution < 1.29 is 14.0 Å². The Labute approximate surface area is 203 Å². The molecule has 0 aliphatic rings. The fourth-order valence-electron chi connectivity index (χ4n) is 3.72. The van der Waals surface area contributed by atoms with Crippen LogP contribution < -0.4 is 4.90 Å². The molecule has 0 saturated heterocycles. The van der Waals surface area contributed by atoms with Gasteiger partial charge in [-0.2, -0.15) is 4.68 Å². The molecule has 4 aromatic heterocycles. The monoisotopic (exact) mass is 489 g/mol. The number of hydrogen-bond donors (Lipinski definition) is 1. The van der Waals surface area contributed by atoms with Gasteiger partial charge in [-0.05, 0) is 22.6 Å². The first-order valence-electron chi connectivity index (χ1n) is 10.8. The normalized spacial score (nSPS) is 11.1. The van der Waals surface area contributed by atoms with Crippen molar-refractivity contribution in [2.45, 2.75) is 0 Å². The lowest BCUT2D eigenvalue weighted by atomic mass is 10.1. The Hall–Kier alpha value is -5.01. The molecule has 0 radical (unpaired) electrons. The number of aromatic amines is 1. The number of carbonyl (C=O) groups is 2. The first kappa shape index (κ1) is 22.8. The van der Waals surface area contributed by atoms with Crippen LogP contribution in [-0.2, 0) is 4.79 Å². The number of anilines is 1. The van der Waals surface area contributed by atoms with Crippen LogP contribution in [0.25, 0.3) is 22.4 Å². The van der Waals surface area contributed by atoms with Gasteiger partial charge in [0.2, 0.25) is 5.95 Å². The largest absolute Gasteiger partial charge is 0.357 e. The molecule has 5 aromatic rings. The fraction of sp³-hybridized carbons (Fsp3) is 0.182. The smallest absolute Gasteiger partial charge is 0.294 e. The van der Waals surface area contributed by atoms with Crippen LogP contribution in [0.3, 0.4) is 0 Å². The van der Waals surface area contributed by atoms with Crippen molar-refractivity contribution in [2.75, 3.05) is 32.1 Å². The Morgan fingerprint density at radius 1 is 1.11 bits per heavy atom. The predicted molar refractivity (Wildman–Crippen MR) is 125 cm³/mol. The van der Waals surface area contributed by atoms with E-state index in [4.69, 9.17) is 0 Å². The van der Waals surface area contributed by atoms with Crippen LogP contribution >= 0.6 is 0 Å². The molecule has 0 aliphatic carbocycles. The summed E-state index contributed by atoms with van der Waals surface area (Å²) >= 11 is 0. The van der Waals surface area contributed by atoms with Crippen LogP contribution in [0.2, 0.25) is 0 Å². The molecule has 0 saturated carbocycles. The van der Waals surface area contributed by atoms with E-state index in [1.165, 1.54) is 35.2 Å². The number of carbonyl (C=O) groups excluding carboxylic acids is 2. The van der Waals surface area contributed by atoms with Crippen molar-refractivity contribution >= 4 is 28.5 Å². The summed E-state index contributed by atoms with van der Waals surface area (Å²) in [6, 6.07) is 9.37. The minimum atomic E-state index is -0.852. The quantitative estimate of drug-likeness (QED) is 0.250. The zero-order chi connectivity index (χ0) is 25.2. The molecule has 4 heterocycles. The number of aromatic nitrogens is 9. The third-order valence-corrected chi connectivity index (χ3v) is 5.63. The van der Waals surface area contributed by atoms with Crippen molar-refractivity contribution in [1.82, 2.24) is 50.1 Å². The van der Waals surface area contributed by atoms with Gasteiger partial charge in [-0.3, -0.25) is 9.59 Å². The molecule has 13 nitrogen and oxygen atoms in total. The SMILES string of the molecule is CN(CCN(C)c1nnnn1-c1ccccc1)C(=O)C(=O)c1c[nH]c2c(-n3ccnn3)ncc(F)c12. The van der Waals surface area contributed by atoms with Gasteiger partial charge in [-0.25, -0.2) is 14.1 Å². The molecule has 0 spiro atoms. The van der Waals surface area contributed by atoms with Crippen LogP contribution in [0, 0.1) is 5.82 Å². The number of pyridine rings is 1. The van der Waals surface area contributed by atoms with E-state index in [9.17, 15) is 14.0 Å². The van der Waals surface area contributed by atoms with Crippen LogP contribution in [0.15, 0.2) is 55.1 Å². The summed E-state index contributed by atoms with van der Waals surface area (Å²) in [5.74, 6) is -1.65. The number of benzene rings is 1. The summed E-state index contributed by atoms with van der Waals surface area (Å²) in [6.45, 7) is 0.532. The number of ketones is 1. The number of likely N-dealkylation sites (N-methyl/N-ethyl adjacent to an activating group) is 2. The lowest BCUT2D eigenvalue weighted by Gasteiger charge is -2.22. The van der Waals surface area contributed by atoms with Gasteiger partial charge in [-0.15, -0.1) is 5.10 Å². The summed E-state index contributed by atoms with van der Waals surface area (Å²) in [7, 11) is 3.28. The summed E-state index contributed by atoms with van der Waals surface area (Å²) in [6.07, 6.45) is 5.25. The van der Waals surface area contributed by atoms with Gasteiger partial charge in [0, 0.05) is 33.4 Å². The van der Waals surface area contributed by atoms with E-state index in [0.717, 1.165) is 11.9 Å². The molecule has 0 fully saturated rings. The average Bonchev–Trinajstić information content (AvgIpc) is 3.68. The number of halogens is 1. The van der Waals surface area contributed by atoms with Gasteiger partial charge in [0.25, 0.3) is 11.7 Å². The minimum Gasteiger partial charge on any atom is -0.357 e. The molecule has 0 unspecified atom stereocenters. The number of nitrogens with one attached hydrogen (secondary N) is 1. The van der Waals surface area contributed by atoms with Gasteiger partial charge < -0.3 is 14.8 Å². The van der Waals surface area contributed by atoms with Gasteiger partial charge in [0.15, 0.2) is 11.6 Å². The number of rotatable bonds is 8. The first-order chi connectivity index (χ1) is 17.5. The van der Waals surface area contributed by atoms with E-state index in [1.54, 1.807) is 16.6 Å². The van der Waals surface area contributed by atoms with Crippen molar-refractivity contribution in [2.24, 2.45) is 0 Å². The molecule has 0 atom stereocenters. The maximum Gasteiger partial charge on any atom is 0.294 e. The number of tetrazole rings is 1. The first-order valence-corrected chi connectivity index (χ1v) is 10.8. The predicted octanol–water partition coefficient (Wildman–Crippen LogP) is 1.04. The van der Waals surface area contributed by atoms with E-state index in [0.29, 0.717) is 12.5 Å². The lowest BCUT2D eigenvalue weighted by Crippen LogP contribution is -2.39. The molecule has 0 aliphatic heterocycles.